The summed E-state index contributed by atoms with van der Waals surface area (Å²) >= 11 is 0. The summed E-state index contributed by atoms with van der Waals surface area (Å²) in [5, 5.41) is 11.6. The fourth-order valence-corrected chi connectivity index (χ4v) is 1.98. The molecule has 0 bridgehead atoms. The number of urea groups is 1. The molecule has 1 atom stereocenters. The number of carboxylic acids is 1. The molecule has 0 radical (unpaired) electrons. The number of hydrogen-bond acceptors (Lipinski definition) is 2. The molecule has 0 saturated heterocycles. The maximum Gasteiger partial charge on any atom is 0.317 e. The van der Waals surface area contributed by atoms with Gasteiger partial charge < -0.3 is 15.3 Å². The Hall–Kier alpha value is -1.26. The third kappa shape index (κ3) is 3.89. The monoisotopic (exact) mass is 254 g/mol. The molecule has 2 N–H and O–H groups in total. The second-order valence-corrected chi connectivity index (χ2v) is 5.59. The van der Waals surface area contributed by atoms with E-state index in [1.54, 1.807) is 6.92 Å². The number of aliphatic carboxylic acids is 1. The first-order chi connectivity index (χ1) is 8.58. The lowest BCUT2D eigenvalue weighted by atomic mass is 10.1. The zero-order valence-electron chi connectivity index (χ0n) is 10.9. The van der Waals surface area contributed by atoms with Crippen molar-refractivity contribution in [2.75, 3.05) is 13.1 Å². The molecule has 102 valence electrons. The number of nitrogens with one attached hydrogen (secondary N) is 1. The smallest absolute Gasteiger partial charge is 0.317 e. The molecule has 5 heteroatoms. The topological polar surface area (TPSA) is 69.6 Å². The third-order valence-electron chi connectivity index (χ3n) is 3.68. The Balaban J connectivity index is 1.69. The van der Waals surface area contributed by atoms with Crippen LogP contribution in [0, 0.1) is 11.8 Å². The van der Waals surface area contributed by atoms with Gasteiger partial charge in [0.2, 0.25) is 0 Å². The minimum Gasteiger partial charge on any atom is -0.481 e. The lowest BCUT2D eigenvalue weighted by Gasteiger charge is -2.23. The molecule has 0 heterocycles. The van der Waals surface area contributed by atoms with Crippen molar-refractivity contribution in [1.82, 2.24) is 10.2 Å². The van der Waals surface area contributed by atoms with Crippen LogP contribution < -0.4 is 5.32 Å². The van der Waals surface area contributed by atoms with Gasteiger partial charge in [0.15, 0.2) is 0 Å². The van der Waals surface area contributed by atoms with E-state index in [0.717, 1.165) is 19.4 Å². The van der Waals surface area contributed by atoms with Gasteiger partial charge >= 0.3 is 12.0 Å². The molecule has 0 aromatic carbocycles. The number of carboxylic acid groups (broad SMARTS) is 1. The van der Waals surface area contributed by atoms with Crippen molar-refractivity contribution in [1.29, 1.82) is 0 Å². The van der Waals surface area contributed by atoms with E-state index in [9.17, 15) is 9.59 Å². The molecule has 2 aliphatic carbocycles. The Morgan fingerprint density at radius 2 is 2.00 bits per heavy atom. The highest BCUT2D eigenvalue weighted by Gasteiger charge is 2.36. The van der Waals surface area contributed by atoms with Gasteiger partial charge in [0.1, 0.15) is 0 Å². The van der Waals surface area contributed by atoms with Crippen LogP contribution in [0.2, 0.25) is 0 Å². The summed E-state index contributed by atoms with van der Waals surface area (Å²) in [6.45, 7) is 2.99. The van der Waals surface area contributed by atoms with Gasteiger partial charge in [-0.3, -0.25) is 4.79 Å². The lowest BCUT2D eigenvalue weighted by Crippen LogP contribution is -2.43. The quantitative estimate of drug-likeness (QED) is 0.726. The first kappa shape index (κ1) is 13.2. The highest BCUT2D eigenvalue weighted by atomic mass is 16.4. The molecule has 2 fully saturated rings. The summed E-state index contributed by atoms with van der Waals surface area (Å²) in [4.78, 5) is 24.6. The maximum absolute atomic E-state index is 12.0. The minimum atomic E-state index is -0.804. The average molecular weight is 254 g/mol. The van der Waals surface area contributed by atoms with E-state index < -0.39 is 11.9 Å². The zero-order valence-corrected chi connectivity index (χ0v) is 10.9. The Kier molecular flexibility index (Phi) is 4.09. The molecule has 18 heavy (non-hydrogen) atoms. The average Bonchev–Trinajstić information content (AvgIpc) is 3.16. The van der Waals surface area contributed by atoms with Crippen molar-refractivity contribution < 1.29 is 14.7 Å². The van der Waals surface area contributed by atoms with Crippen LogP contribution in [0.4, 0.5) is 4.79 Å². The van der Waals surface area contributed by atoms with E-state index in [1.807, 2.05) is 4.90 Å². The Morgan fingerprint density at radius 1 is 1.33 bits per heavy atom. The highest BCUT2D eigenvalue weighted by Crippen LogP contribution is 2.34. The van der Waals surface area contributed by atoms with Crippen LogP contribution in [-0.2, 0) is 4.79 Å². The van der Waals surface area contributed by atoms with Crippen LogP contribution in [0.1, 0.15) is 39.0 Å². The first-order valence-corrected chi connectivity index (χ1v) is 6.85. The van der Waals surface area contributed by atoms with Gasteiger partial charge in [-0.25, -0.2) is 4.79 Å². The molecule has 2 amide bonds. The van der Waals surface area contributed by atoms with Crippen molar-refractivity contribution >= 4 is 12.0 Å². The van der Waals surface area contributed by atoms with Gasteiger partial charge in [-0.1, -0.05) is 6.92 Å². The largest absolute Gasteiger partial charge is 0.481 e. The van der Waals surface area contributed by atoms with Gasteiger partial charge in [0, 0.05) is 19.1 Å². The molecule has 5 nitrogen and oxygen atoms in total. The number of rotatable bonds is 7. The normalized spacial score (nSPS) is 20.3. The molecule has 0 aromatic heterocycles. The number of nitrogens with zero attached hydrogens (tertiary/aromatic N) is 1. The van der Waals surface area contributed by atoms with Crippen LogP contribution in [0.5, 0.6) is 0 Å². The predicted molar refractivity (Wildman–Crippen MR) is 67.3 cm³/mol. The number of hydrogen-bond donors (Lipinski definition) is 2. The molecule has 0 aromatic rings. The highest BCUT2D eigenvalue weighted by molar-refractivity contribution is 5.75. The van der Waals surface area contributed by atoms with Crippen LogP contribution in [-0.4, -0.2) is 41.1 Å². The summed E-state index contributed by atoms with van der Waals surface area (Å²) in [6, 6.07) is 0.421. The van der Waals surface area contributed by atoms with Crippen molar-refractivity contribution in [3.8, 4) is 0 Å². The van der Waals surface area contributed by atoms with Gasteiger partial charge in [-0.05, 0) is 38.0 Å². The number of amides is 2. The second kappa shape index (κ2) is 5.59. The fourth-order valence-electron chi connectivity index (χ4n) is 1.98. The second-order valence-electron chi connectivity index (χ2n) is 5.59. The van der Waals surface area contributed by atoms with E-state index >= 15 is 0 Å². The van der Waals surface area contributed by atoms with Crippen molar-refractivity contribution in [2.45, 2.75) is 45.1 Å². The van der Waals surface area contributed by atoms with E-state index in [4.69, 9.17) is 5.11 Å². The molecular weight excluding hydrogens is 232 g/mol. The van der Waals surface area contributed by atoms with Gasteiger partial charge in [0.05, 0.1) is 5.92 Å². The van der Waals surface area contributed by atoms with Crippen LogP contribution in [0.15, 0.2) is 0 Å². The number of carbonyl (C=O) groups is 2. The molecule has 2 rings (SSSR count). The molecule has 0 spiro atoms. The summed E-state index contributed by atoms with van der Waals surface area (Å²) in [5.41, 5.74) is 0. The molecular formula is C13H22N2O3. The minimum absolute atomic E-state index is 0.0120. The molecule has 1 unspecified atom stereocenters. The van der Waals surface area contributed by atoms with E-state index in [0.29, 0.717) is 24.9 Å². The zero-order chi connectivity index (χ0) is 13.1. The van der Waals surface area contributed by atoms with Crippen molar-refractivity contribution in [3.05, 3.63) is 0 Å². The predicted octanol–water partition coefficient (Wildman–Crippen LogP) is 1.68. The molecule has 2 saturated carbocycles. The van der Waals surface area contributed by atoms with Crippen LogP contribution in [0.25, 0.3) is 0 Å². The van der Waals surface area contributed by atoms with Gasteiger partial charge in [-0.2, -0.15) is 0 Å². The summed E-state index contributed by atoms with van der Waals surface area (Å²) < 4.78 is 0. The number of carbonyl (C=O) groups excluding carboxylic acids is 1. The van der Waals surface area contributed by atoms with E-state index in [2.05, 4.69) is 5.32 Å². The lowest BCUT2D eigenvalue weighted by molar-refractivity contribution is -0.141. The van der Waals surface area contributed by atoms with Gasteiger partial charge in [-0.15, -0.1) is 0 Å². The first-order valence-electron chi connectivity index (χ1n) is 6.85. The summed E-state index contributed by atoms with van der Waals surface area (Å²) in [5.74, 6) is -0.501. The molecule has 0 aliphatic heterocycles. The molecule has 2 aliphatic rings. The third-order valence-corrected chi connectivity index (χ3v) is 3.68. The maximum atomic E-state index is 12.0. The standard InChI is InChI=1S/C13H22N2O3/c1-9(12(16)17)6-7-14-13(18)15(11-4-5-11)8-10-2-3-10/h9-11H,2-8H2,1H3,(H,14,18)(H,16,17). The SMILES string of the molecule is CC(CCNC(=O)N(CC1CC1)C1CC1)C(=O)O. The summed E-state index contributed by atoms with van der Waals surface area (Å²) in [7, 11) is 0. The van der Waals surface area contributed by atoms with Crippen LogP contribution in [0.3, 0.4) is 0 Å². The summed E-state index contributed by atoms with van der Waals surface area (Å²) in [6.07, 6.45) is 5.21. The fraction of sp³-hybridized carbons (Fsp3) is 0.846. The van der Waals surface area contributed by atoms with Crippen molar-refractivity contribution in [2.24, 2.45) is 11.8 Å². The van der Waals surface area contributed by atoms with Crippen LogP contribution >= 0.6 is 0 Å². The van der Waals surface area contributed by atoms with E-state index in [-0.39, 0.29) is 6.03 Å². The van der Waals surface area contributed by atoms with Crippen molar-refractivity contribution in [3.63, 3.8) is 0 Å². The Bertz CT molecular complexity index is 324. The van der Waals surface area contributed by atoms with E-state index in [1.165, 1.54) is 12.8 Å². The Labute approximate surface area is 108 Å². The Morgan fingerprint density at radius 3 is 2.50 bits per heavy atom. The van der Waals surface area contributed by atoms with Gasteiger partial charge in [0.25, 0.3) is 0 Å².